The maximum Gasteiger partial charge on any atom is 0.0792 e. The van der Waals surface area contributed by atoms with E-state index in [-0.39, 0.29) is 5.92 Å². The van der Waals surface area contributed by atoms with Crippen molar-refractivity contribution in [1.29, 1.82) is 0 Å². The summed E-state index contributed by atoms with van der Waals surface area (Å²) >= 11 is 0. The lowest BCUT2D eigenvalue weighted by atomic mass is 9.76. The van der Waals surface area contributed by atoms with Crippen molar-refractivity contribution in [2.24, 2.45) is 22.7 Å². The fraction of sp³-hybridized carbons (Fsp3) is 0.567. The zero-order chi connectivity index (χ0) is 23.5. The van der Waals surface area contributed by atoms with Crippen molar-refractivity contribution < 1.29 is 9.84 Å². The second-order valence-corrected chi connectivity index (χ2v) is 10.5. The summed E-state index contributed by atoms with van der Waals surface area (Å²) in [6.45, 7) is 13.0. The van der Waals surface area contributed by atoms with Gasteiger partial charge in [0.05, 0.1) is 25.2 Å². The van der Waals surface area contributed by atoms with Crippen LogP contribution in [0.25, 0.3) is 0 Å². The molecule has 2 aliphatic heterocycles. The van der Waals surface area contributed by atoms with Gasteiger partial charge in [-0.05, 0) is 86.1 Å². The van der Waals surface area contributed by atoms with E-state index in [1.165, 1.54) is 27.8 Å². The van der Waals surface area contributed by atoms with Crippen molar-refractivity contribution in [3.63, 3.8) is 0 Å². The molecule has 1 N–H and O–H groups in total. The molecule has 3 heteroatoms. The average molecular weight is 448 g/mol. The van der Waals surface area contributed by atoms with Gasteiger partial charge in [0.25, 0.3) is 0 Å². The Morgan fingerprint density at radius 1 is 1.09 bits per heavy atom. The predicted molar refractivity (Wildman–Crippen MR) is 138 cm³/mol. The molecular weight excluding hydrogens is 406 g/mol. The number of allylic oxidation sites excluding steroid dienone is 5. The van der Waals surface area contributed by atoms with Crippen LogP contribution in [0.5, 0.6) is 0 Å². The Labute approximate surface area is 200 Å². The minimum absolute atomic E-state index is 0.116. The summed E-state index contributed by atoms with van der Waals surface area (Å²) in [7, 11) is 0. The molecule has 33 heavy (non-hydrogen) atoms. The molecule has 0 bridgehead atoms. The standard InChI is InChI=1S/C30H41NO2/c1-19-9-6-12-26(22(19)4)30(28-15-20(2)21(3)16-31-28)27-13-8-11-25(23(27)5)29(32)14-7-10-24-17-33-18-24/h8,11-13,15-16,20-21,24,29-30,32H,6-7,9-10,14,17-18H2,1-5H3. The van der Waals surface area contributed by atoms with Crippen LogP contribution < -0.4 is 0 Å². The molecule has 0 saturated carbocycles. The van der Waals surface area contributed by atoms with E-state index in [1.807, 2.05) is 0 Å². The van der Waals surface area contributed by atoms with E-state index in [0.29, 0.717) is 17.8 Å². The Balaban J connectivity index is 1.67. The molecular formula is C30H41NO2. The molecule has 4 unspecified atom stereocenters. The van der Waals surface area contributed by atoms with Crippen LogP contribution in [0.3, 0.4) is 0 Å². The van der Waals surface area contributed by atoms with Gasteiger partial charge in [-0.2, -0.15) is 0 Å². The maximum atomic E-state index is 11.1. The largest absolute Gasteiger partial charge is 0.388 e. The van der Waals surface area contributed by atoms with Crippen LogP contribution in [0.4, 0.5) is 0 Å². The molecule has 4 atom stereocenters. The highest BCUT2D eigenvalue weighted by Gasteiger charge is 2.29. The molecule has 1 aliphatic carbocycles. The molecule has 0 spiro atoms. The van der Waals surface area contributed by atoms with Gasteiger partial charge in [-0.25, -0.2) is 0 Å². The van der Waals surface area contributed by atoms with Crippen LogP contribution in [-0.4, -0.2) is 24.5 Å². The molecule has 1 aromatic rings. The lowest BCUT2D eigenvalue weighted by Crippen LogP contribution is -2.27. The maximum absolute atomic E-state index is 11.1. The Morgan fingerprint density at radius 3 is 2.55 bits per heavy atom. The Kier molecular flexibility index (Phi) is 7.71. The number of aliphatic hydroxyl groups excluding tert-OH is 1. The molecule has 2 heterocycles. The Morgan fingerprint density at radius 2 is 1.85 bits per heavy atom. The summed E-state index contributed by atoms with van der Waals surface area (Å²) in [5.41, 5.74) is 8.99. The molecule has 0 radical (unpaired) electrons. The lowest BCUT2D eigenvalue weighted by Gasteiger charge is -2.31. The summed E-state index contributed by atoms with van der Waals surface area (Å²) in [5, 5.41) is 11.1. The van der Waals surface area contributed by atoms with Gasteiger partial charge in [0, 0.05) is 17.8 Å². The molecule has 3 aliphatic rings. The van der Waals surface area contributed by atoms with Gasteiger partial charge < -0.3 is 9.84 Å². The van der Waals surface area contributed by atoms with Crippen molar-refractivity contribution in [3.8, 4) is 0 Å². The van der Waals surface area contributed by atoms with Gasteiger partial charge in [-0.15, -0.1) is 0 Å². The first-order chi connectivity index (χ1) is 15.9. The molecule has 0 aromatic heterocycles. The molecule has 0 amide bonds. The third-order valence-electron chi connectivity index (χ3n) is 8.17. The SMILES string of the molecule is CC1=C(C)C(C(C2=CC(C)C(C)C=N2)c2cccc(C(O)CCCC3COC3)c2C)=CCC1. The number of ether oxygens (including phenoxy) is 1. The lowest BCUT2D eigenvalue weighted by molar-refractivity contribution is -0.0375. The Hall–Kier alpha value is -1.97. The van der Waals surface area contributed by atoms with E-state index >= 15 is 0 Å². The minimum Gasteiger partial charge on any atom is -0.388 e. The number of aliphatic imine (C=N–C) groups is 1. The van der Waals surface area contributed by atoms with Gasteiger partial charge in [-0.1, -0.05) is 56.2 Å². The zero-order valence-corrected chi connectivity index (χ0v) is 21.1. The van der Waals surface area contributed by atoms with E-state index in [1.54, 1.807) is 0 Å². The first kappa shape index (κ1) is 24.2. The molecule has 1 fully saturated rings. The summed E-state index contributed by atoms with van der Waals surface area (Å²) in [6.07, 6.45) is 11.7. The van der Waals surface area contributed by atoms with E-state index in [9.17, 15) is 5.11 Å². The van der Waals surface area contributed by atoms with Crippen LogP contribution in [0.2, 0.25) is 0 Å². The van der Waals surface area contributed by atoms with Gasteiger partial charge >= 0.3 is 0 Å². The van der Waals surface area contributed by atoms with Crippen LogP contribution >= 0.6 is 0 Å². The highest BCUT2D eigenvalue weighted by molar-refractivity contribution is 5.66. The van der Waals surface area contributed by atoms with Crippen LogP contribution in [-0.2, 0) is 4.74 Å². The van der Waals surface area contributed by atoms with Gasteiger partial charge in [0.2, 0.25) is 0 Å². The third-order valence-corrected chi connectivity index (χ3v) is 8.17. The van der Waals surface area contributed by atoms with Crippen LogP contribution in [0.1, 0.15) is 88.5 Å². The number of hydrogen-bond acceptors (Lipinski definition) is 3. The average Bonchev–Trinajstić information content (AvgIpc) is 2.76. The summed E-state index contributed by atoms with van der Waals surface area (Å²) in [5.74, 6) is 1.74. The van der Waals surface area contributed by atoms with Gasteiger partial charge in [0.15, 0.2) is 0 Å². The van der Waals surface area contributed by atoms with Crippen LogP contribution in [0.15, 0.2) is 57.8 Å². The molecule has 178 valence electrons. The zero-order valence-electron chi connectivity index (χ0n) is 21.1. The fourth-order valence-corrected chi connectivity index (χ4v) is 5.38. The van der Waals surface area contributed by atoms with Gasteiger partial charge in [-0.3, -0.25) is 4.99 Å². The number of hydrogen-bond donors (Lipinski definition) is 1. The van der Waals surface area contributed by atoms with E-state index in [2.05, 4.69) is 71.2 Å². The summed E-state index contributed by atoms with van der Waals surface area (Å²) < 4.78 is 5.30. The number of benzene rings is 1. The topological polar surface area (TPSA) is 41.8 Å². The normalized spacial score (nSPS) is 25.4. The first-order valence-electron chi connectivity index (χ1n) is 12.8. The summed E-state index contributed by atoms with van der Waals surface area (Å²) in [4.78, 5) is 4.97. The van der Waals surface area contributed by atoms with Crippen molar-refractivity contribution in [2.45, 2.75) is 78.7 Å². The minimum atomic E-state index is -0.423. The van der Waals surface area contributed by atoms with Crippen molar-refractivity contribution in [1.82, 2.24) is 0 Å². The van der Waals surface area contributed by atoms with Crippen molar-refractivity contribution in [2.75, 3.05) is 13.2 Å². The highest BCUT2D eigenvalue weighted by atomic mass is 16.5. The van der Waals surface area contributed by atoms with Crippen molar-refractivity contribution in [3.05, 3.63) is 69.5 Å². The molecule has 1 aromatic carbocycles. The van der Waals surface area contributed by atoms with E-state index < -0.39 is 6.10 Å². The Bertz CT molecular complexity index is 979. The molecule has 4 rings (SSSR count). The second-order valence-electron chi connectivity index (χ2n) is 10.5. The predicted octanol–water partition coefficient (Wildman–Crippen LogP) is 7.23. The number of rotatable bonds is 8. The van der Waals surface area contributed by atoms with Gasteiger partial charge in [0.1, 0.15) is 0 Å². The quantitative estimate of drug-likeness (QED) is 0.457. The first-order valence-corrected chi connectivity index (χ1v) is 12.8. The van der Waals surface area contributed by atoms with E-state index in [4.69, 9.17) is 9.73 Å². The second kappa shape index (κ2) is 10.5. The number of aliphatic hydroxyl groups is 1. The monoisotopic (exact) mass is 447 g/mol. The van der Waals surface area contributed by atoms with Crippen LogP contribution in [0, 0.1) is 24.7 Å². The van der Waals surface area contributed by atoms with E-state index in [0.717, 1.165) is 56.6 Å². The summed E-state index contributed by atoms with van der Waals surface area (Å²) in [6, 6.07) is 6.49. The highest BCUT2D eigenvalue weighted by Crippen LogP contribution is 2.44. The van der Waals surface area contributed by atoms with Crippen molar-refractivity contribution >= 4 is 6.21 Å². The molecule has 1 saturated heterocycles. The third kappa shape index (κ3) is 5.25. The number of nitrogens with zero attached hydrogens (tertiary/aromatic N) is 1. The molecule has 3 nitrogen and oxygen atoms in total. The fourth-order valence-electron chi connectivity index (χ4n) is 5.38. The smallest absolute Gasteiger partial charge is 0.0792 e.